The number of rotatable bonds is 0. The van der Waals surface area contributed by atoms with Gasteiger partial charge in [-0.25, -0.2) is 0 Å². The van der Waals surface area contributed by atoms with Gasteiger partial charge in [0, 0.05) is 11.5 Å². The SMILES string of the molecule is O=C1c2ccccc2C[C@@H]2CCCC[C@@H]12. The average molecular weight is 200 g/mol. The second kappa shape index (κ2) is 3.48. The van der Waals surface area contributed by atoms with Gasteiger partial charge >= 0.3 is 0 Å². The zero-order chi connectivity index (χ0) is 10.3. The van der Waals surface area contributed by atoms with Crippen LogP contribution in [-0.2, 0) is 6.42 Å². The fraction of sp³-hybridized carbons (Fsp3) is 0.500. The van der Waals surface area contributed by atoms with E-state index in [1.54, 1.807) is 0 Å². The molecule has 0 unspecified atom stereocenters. The van der Waals surface area contributed by atoms with E-state index in [-0.39, 0.29) is 0 Å². The molecule has 0 aromatic heterocycles. The van der Waals surface area contributed by atoms with Crippen molar-refractivity contribution in [1.82, 2.24) is 0 Å². The van der Waals surface area contributed by atoms with Crippen molar-refractivity contribution < 1.29 is 4.79 Å². The fourth-order valence-electron chi connectivity index (χ4n) is 3.22. The lowest BCUT2D eigenvalue weighted by Gasteiger charge is -2.35. The smallest absolute Gasteiger partial charge is 0.166 e. The van der Waals surface area contributed by atoms with E-state index in [4.69, 9.17) is 0 Å². The van der Waals surface area contributed by atoms with Crippen LogP contribution < -0.4 is 0 Å². The monoisotopic (exact) mass is 200 g/mol. The lowest BCUT2D eigenvalue weighted by atomic mass is 9.68. The van der Waals surface area contributed by atoms with Gasteiger partial charge in [0.25, 0.3) is 0 Å². The predicted molar refractivity (Wildman–Crippen MR) is 59.9 cm³/mol. The highest BCUT2D eigenvalue weighted by molar-refractivity contribution is 6.00. The number of benzene rings is 1. The highest BCUT2D eigenvalue weighted by Gasteiger charge is 2.36. The van der Waals surface area contributed by atoms with E-state index < -0.39 is 0 Å². The van der Waals surface area contributed by atoms with Crippen molar-refractivity contribution in [2.24, 2.45) is 11.8 Å². The maximum absolute atomic E-state index is 12.3. The lowest BCUT2D eigenvalue weighted by Crippen LogP contribution is -2.33. The number of Topliss-reactive ketones (excluding diaryl/α,β-unsaturated/α-hetero) is 1. The number of hydrogen-bond acceptors (Lipinski definition) is 1. The Morgan fingerprint density at radius 2 is 1.87 bits per heavy atom. The van der Waals surface area contributed by atoms with Gasteiger partial charge in [-0.15, -0.1) is 0 Å². The van der Waals surface area contributed by atoms with E-state index in [0.717, 1.165) is 18.4 Å². The first-order valence-electron chi connectivity index (χ1n) is 5.98. The van der Waals surface area contributed by atoms with Crippen molar-refractivity contribution in [3.63, 3.8) is 0 Å². The molecule has 0 radical (unpaired) electrons. The number of fused-ring (bicyclic) bond motifs is 2. The molecule has 0 saturated heterocycles. The number of carbonyl (C=O) groups excluding carboxylic acids is 1. The van der Waals surface area contributed by atoms with Crippen LogP contribution in [0.4, 0.5) is 0 Å². The van der Waals surface area contributed by atoms with Crippen LogP contribution in [0, 0.1) is 11.8 Å². The Kier molecular flexibility index (Phi) is 2.12. The topological polar surface area (TPSA) is 17.1 Å². The quantitative estimate of drug-likeness (QED) is 0.628. The average Bonchev–Trinajstić information content (AvgIpc) is 2.30. The van der Waals surface area contributed by atoms with Gasteiger partial charge in [-0.05, 0) is 30.7 Å². The van der Waals surface area contributed by atoms with Crippen molar-refractivity contribution in [3.8, 4) is 0 Å². The molecule has 0 N–H and O–H groups in total. The van der Waals surface area contributed by atoms with E-state index in [0.29, 0.717) is 17.6 Å². The summed E-state index contributed by atoms with van der Waals surface area (Å²) in [6.07, 6.45) is 6.07. The first kappa shape index (κ1) is 9.14. The lowest BCUT2D eigenvalue weighted by molar-refractivity contribution is 0.0800. The molecule has 0 aliphatic heterocycles. The van der Waals surface area contributed by atoms with E-state index >= 15 is 0 Å². The largest absolute Gasteiger partial charge is 0.294 e. The summed E-state index contributed by atoms with van der Waals surface area (Å²) >= 11 is 0. The summed E-state index contributed by atoms with van der Waals surface area (Å²) in [7, 11) is 0. The van der Waals surface area contributed by atoms with E-state index in [9.17, 15) is 4.79 Å². The molecule has 0 spiro atoms. The zero-order valence-electron chi connectivity index (χ0n) is 8.91. The Hall–Kier alpha value is -1.11. The highest BCUT2D eigenvalue weighted by Crippen LogP contribution is 2.39. The number of carbonyl (C=O) groups is 1. The van der Waals surface area contributed by atoms with Gasteiger partial charge in [-0.1, -0.05) is 37.1 Å². The molecule has 15 heavy (non-hydrogen) atoms. The van der Waals surface area contributed by atoms with Gasteiger partial charge in [0.15, 0.2) is 5.78 Å². The second-order valence-electron chi connectivity index (χ2n) is 4.88. The summed E-state index contributed by atoms with van der Waals surface area (Å²) in [6.45, 7) is 0. The molecule has 2 aliphatic rings. The molecule has 1 aromatic rings. The van der Waals surface area contributed by atoms with Crippen molar-refractivity contribution in [1.29, 1.82) is 0 Å². The summed E-state index contributed by atoms with van der Waals surface area (Å²) in [5, 5.41) is 0. The van der Waals surface area contributed by atoms with Crippen LogP contribution in [0.5, 0.6) is 0 Å². The van der Waals surface area contributed by atoms with Crippen molar-refractivity contribution >= 4 is 5.78 Å². The fourth-order valence-corrected chi connectivity index (χ4v) is 3.22. The minimum absolute atomic E-state index is 0.341. The molecule has 1 fully saturated rings. The molecule has 1 saturated carbocycles. The molecular weight excluding hydrogens is 184 g/mol. The van der Waals surface area contributed by atoms with Gasteiger partial charge in [-0.3, -0.25) is 4.79 Å². The molecule has 2 atom stereocenters. The summed E-state index contributed by atoms with van der Waals surface area (Å²) < 4.78 is 0. The van der Waals surface area contributed by atoms with Gasteiger partial charge in [0.05, 0.1) is 0 Å². The van der Waals surface area contributed by atoms with Gasteiger partial charge < -0.3 is 0 Å². The van der Waals surface area contributed by atoms with Crippen LogP contribution in [-0.4, -0.2) is 5.78 Å². The maximum Gasteiger partial charge on any atom is 0.166 e. The predicted octanol–water partition coefficient (Wildman–Crippen LogP) is 3.23. The molecule has 2 aliphatic carbocycles. The van der Waals surface area contributed by atoms with Crippen LogP contribution >= 0.6 is 0 Å². The summed E-state index contributed by atoms with van der Waals surface area (Å²) in [6, 6.07) is 8.16. The van der Waals surface area contributed by atoms with E-state index in [1.807, 2.05) is 12.1 Å². The molecule has 78 valence electrons. The van der Waals surface area contributed by atoms with Gasteiger partial charge in [0.2, 0.25) is 0 Å². The minimum Gasteiger partial charge on any atom is -0.294 e. The molecular formula is C14H16O. The standard InChI is InChI=1S/C14H16O/c15-14-12-7-3-1-5-10(12)9-11-6-2-4-8-13(11)14/h1,3,5,7,11,13H,2,4,6,8-9H2/t11-,13+/m0/s1. The second-order valence-corrected chi connectivity index (χ2v) is 4.88. The number of ketones is 1. The third kappa shape index (κ3) is 1.41. The molecule has 1 aromatic carbocycles. The summed E-state index contributed by atoms with van der Waals surface area (Å²) in [5.74, 6) is 1.40. The first-order valence-corrected chi connectivity index (χ1v) is 5.98. The third-order valence-corrected chi connectivity index (χ3v) is 4.01. The normalized spacial score (nSPS) is 29.5. The molecule has 0 heterocycles. The van der Waals surface area contributed by atoms with Crippen LogP contribution in [0.1, 0.15) is 41.6 Å². The van der Waals surface area contributed by atoms with Crippen LogP contribution in [0.15, 0.2) is 24.3 Å². The van der Waals surface area contributed by atoms with E-state index in [2.05, 4.69) is 12.1 Å². The summed E-state index contributed by atoms with van der Waals surface area (Å²) in [5.41, 5.74) is 2.28. The Labute approximate surface area is 90.5 Å². The summed E-state index contributed by atoms with van der Waals surface area (Å²) in [4.78, 5) is 12.3. The Balaban J connectivity index is 2.02. The zero-order valence-corrected chi connectivity index (χ0v) is 8.91. The molecule has 1 heteroatoms. The Bertz CT molecular complexity index is 394. The van der Waals surface area contributed by atoms with Gasteiger partial charge in [-0.2, -0.15) is 0 Å². The maximum atomic E-state index is 12.3. The molecule has 1 nitrogen and oxygen atoms in total. The van der Waals surface area contributed by atoms with Crippen LogP contribution in [0.3, 0.4) is 0 Å². The Morgan fingerprint density at radius 1 is 1.07 bits per heavy atom. The van der Waals surface area contributed by atoms with Crippen LogP contribution in [0.2, 0.25) is 0 Å². The van der Waals surface area contributed by atoms with Crippen molar-refractivity contribution in [2.45, 2.75) is 32.1 Å². The van der Waals surface area contributed by atoms with Crippen molar-refractivity contribution in [3.05, 3.63) is 35.4 Å². The molecule has 0 amide bonds. The van der Waals surface area contributed by atoms with Gasteiger partial charge in [0.1, 0.15) is 0 Å². The number of hydrogen-bond donors (Lipinski definition) is 0. The van der Waals surface area contributed by atoms with E-state index in [1.165, 1.54) is 24.8 Å². The molecule has 3 rings (SSSR count). The first-order chi connectivity index (χ1) is 7.36. The highest BCUT2D eigenvalue weighted by atomic mass is 16.1. The van der Waals surface area contributed by atoms with Crippen LogP contribution in [0.25, 0.3) is 0 Å². The Morgan fingerprint density at radius 3 is 2.80 bits per heavy atom. The van der Waals surface area contributed by atoms with Crippen molar-refractivity contribution in [2.75, 3.05) is 0 Å². The third-order valence-electron chi connectivity index (χ3n) is 4.01. The minimum atomic E-state index is 0.341. The molecule has 0 bridgehead atoms.